The molecule has 0 unspecified atom stereocenters. The van der Waals surface area contributed by atoms with Gasteiger partial charge in [0.15, 0.2) is 10.1 Å². The van der Waals surface area contributed by atoms with Crippen molar-refractivity contribution in [1.82, 2.24) is 15.2 Å². The summed E-state index contributed by atoms with van der Waals surface area (Å²) in [5.74, 6) is 0.588. The van der Waals surface area contributed by atoms with Gasteiger partial charge >= 0.3 is 0 Å². The quantitative estimate of drug-likeness (QED) is 0.476. The van der Waals surface area contributed by atoms with Gasteiger partial charge in [-0.3, -0.25) is 4.79 Å². The number of hydrogen-bond acceptors (Lipinski definition) is 8. The van der Waals surface area contributed by atoms with Crippen molar-refractivity contribution < 1.29 is 9.53 Å². The second-order valence-corrected chi connectivity index (χ2v) is 8.69. The van der Waals surface area contributed by atoms with Crippen LogP contribution >= 0.6 is 22.7 Å². The monoisotopic (exact) mass is 425 g/mol. The van der Waals surface area contributed by atoms with Crippen LogP contribution in [0.15, 0.2) is 42.5 Å². The first-order valence-corrected chi connectivity index (χ1v) is 10.7. The highest BCUT2D eigenvalue weighted by atomic mass is 32.1. The average molecular weight is 426 g/mol. The summed E-state index contributed by atoms with van der Waals surface area (Å²) >= 11 is 2.72. The van der Waals surface area contributed by atoms with Gasteiger partial charge in [-0.15, -0.1) is 10.2 Å². The molecule has 0 saturated heterocycles. The molecule has 3 N–H and O–H groups in total. The molecule has 2 aromatic heterocycles. The highest BCUT2D eigenvalue weighted by molar-refractivity contribution is 7.22. The topological polar surface area (TPSA) is 103 Å². The Morgan fingerprint density at radius 2 is 2.00 bits per heavy atom. The average Bonchev–Trinajstić information content (AvgIpc) is 3.26. The molecular weight excluding hydrogens is 406 g/mol. The van der Waals surface area contributed by atoms with Crippen molar-refractivity contribution in [3.8, 4) is 16.3 Å². The van der Waals surface area contributed by atoms with Crippen molar-refractivity contribution in [2.24, 2.45) is 0 Å². The highest BCUT2D eigenvalue weighted by Crippen LogP contribution is 2.34. The van der Waals surface area contributed by atoms with E-state index in [-0.39, 0.29) is 18.4 Å². The number of ether oxygens (including phenoxy) is 1. The van der Waals surface area contributed by atoms with E-state index in [0.717, 1.165) is 27.1 Å². The molecule has 4 aromatic rings. The third kappa shape index (κ3) is 4.52. The first kappa shape index (κ1) is 19.3. The molecule has 0 atom stereocenters. The zero-order valence-electron chi connectivity index (χ0n) is 15.9. The van der Waals surface area contributed by atoms with E-state index in [1.807, 2.05) is 56.3 Å². The normalized spacial score (nSPS) is 11.1. The number of nitrogens with zero attached hydrogens (tertiary/aromatic N) is 3. The SMILES string of the molecule is CC(C)Oc1ccccc1-c1nnc(NC(=O)Cc2ccc3nc(N)sc3c2)s1. The molecule has 0 spiro atoms. The van der Waals surface area contributed by atoms with E-state index in [1.54, 1.807) is 0 Å². The number of benzene rings is 2. The molecule has 7 nitrogen and oxygen atoms in total. The molecular formula is C20H19N5O2S2. The molecule has 0 bridgehead atoms. The maximum absolute atomic E-state index is 12.4. The number of carbonyl (C=O) groups excluding carboxylic acids is 1. The fourth-order valence-corrected chi connectivity index (χ4v) is 4.42. The van der Waals surface area contributed by atoms with E-state index in [4.69, 9.17) is 10.5 Å². The number of aromatic nitrogens is 3. The Morgan fingerprint density at radius 1 is 1.17 bits per heavy atom. The minimum Gasteiger partial charge on any atom is -0.490 e. The zero-order valence-corrected chi connectivity index (χ0v) is 17.5. The predicted molar refractivity (Wildman–Crippen MR) is 117 cm³/mol. The fraction of sp³-hybridized carbons (Fsp3) is 0.200. The number of nitrogens with one attached hydrogen (secondary N) is 1. The van der Waals surface area contributed by atoms with Crippen molar-refractivity contribution in [3.63, 3.8) is 0 Å². The Hall–Kier alpha value is -3.04. The van der Waals surface area contributed by atoms with E-state index < -0.39 is 0 Å². The van der Waals surface area contributed by atoms with Gasteiger partial charge in [0, 0.05) is 0 Å². The van der Waals surface area contributed by atoms with E-state index in [0.29, 0.717) is 15.3 Å². The summed E-state index contributed by atoms with van der Waals surface area (Å²) in [6.07, 6.45) is 0.282. The molecule has 0 fully saturated rings. The van der Waals surface area contributed by atoms with Gasteiger partial charge in [0.1, 0.15) is 5.75 Å². The Bertz CT molecular complexity index is 1170. The van der Waals surface area contributed by atoms with Crippen molar-refractivity contribution in [2.45, 2.75) is 26.4 Å². The molecule has 2 aromatic carbocycles. The lowest BCUT2D eigenvalue weighted by molar-refractivity contribution is -0.115. The second-order valence-electron chi connectivity index (χ2n) is 6.65. The summed E-state index contributed by atoms with van der Waals surface area (Å²) in [4.78, 5) is 16.7. The number of rotatable bonds is 6. The maximum Gasteiger partial charge on any atom is 0.230 e. The third-order valence-corrected chi connectivity index (χ3v) is 5.70. The Kier molecular flexibility index (Phi) is 5.41. The number of anilines is 2. The number of thiazole rings is 1. The molecule has 0 aliphatic carbocycles. The van der Waals surface area contributed by atoms with Crippen LogP contribution in [0.25, 0.3) is 20.8 Å². The van der Waals surface area contributed by atoms with Crippen molar-refractivity contribution in [1.29, 1.82) is 0 Å². The standard InChI is InChI=1S/C20H19N5O2S2/c1-11(2)27-15-6-4-3-5-13(15)18-24-25-20(29-18)23-17(26)10-12-7-8-14-16(9-12)28-19(21)22-14/h3-9,11H,10H2,1-2H3,(H2,21,22)(H,23,25,26). The summed E-state index contributed by atoms with van der Waals surface area (Å²) in [5, 5.41) is 12.8. The lowest BCUT2D eigenvalue weighted by Crippen LogP contribution is -2.14. The van der Waals surface area contributed by atoms with Crippen LogP contribution in [0.4, 0.5) is 10.3 Å². The molecule has 0 aliphatic rings. The van der Waals surface area contributed by atoms with Gasteiger partial charge in [-0.1, -0.05) is 40.9 Å². The van der Waals surface area contributed by atoms with E-state index in [2.05, 4.69) is 20.5 Å². The number of amides is 1. The van der Waals surface area contributed by atoms with Crippen LogP contribution in [0.2, 0.25) is 0 Å². The van der Waals surface area contributed by atoms with Gasteiger partial charge in [0.25, 0.3) is 0 Å². The number of hydrogen-bond donors (Lipinski definition) is 2. The molecule has 9 heteroatoms. The molecule has 0 radical (unpaired) electrons. The van der Waals surface area contributed by atoms with Gasteiger partial charge in [-0.25, -0.2) is 4.98 Å². The highest BCUT2D eigenvalue weighted by Gasteiger charge is 2.14. The number of para-hydroxylation sites is 1. The van der Waals surface area contributed by atoms with Crippen molar-refractivity contribution in [2.75, 3.05) is 11.1 Å². The molecule has 2 heterocycles. The number of nitrogens with two attached hydrogens (primary N) is 1. The number of nitrogen functional groups attached to an aromatic ring is 1. The Balaban J connectivity index is 1.46. The van der Waals surface area contributed by atoms with Crippen LogP contribution < -0.4 is 15.8 Å². The summed E-state index contributed by atoms with van der Waals surface area (Å²) in [6, 6.07) is 13.4. The van der Waals surface area contributed by atoms with Crippen molar-refractivity contribution >= 4 is 49.1 Å². The zero-order chi connectivity index (χ0) is 20.4. The molecule has 0 saturated carbocycles. The molecule has 0 aliphatic heterocycles. The predicted octanol–water partition coefficient (Wildman–Crippen LogP) is 4.37. The minimum absolute atomic E-state index is 0.0504. The van der Waals surface area contributed by atoms with Crippen LogP contribution in [0.5, 0.6) is 5.75 Å². The van der Waals surface area contributed by atoms with Crippen LogP contribution in [0.1, 0.15) is 19.4 Å². The van der Waals surface area contributed by atoms with Gasteiger partial charge in [0.2, 0.25) is 11.0 Å². The third-order valence-electron chi connectivity index (χ3n) is 3.99. The maximum atomic E-state index is 12.4. The lowest BCUT2D eigenvalue weighted by Gasteiger charge is -2.12. The summed E-state index contributed by atoms with van der Waals surface area (Å²) in [7, 11) is 0. The Labute approximate surface area is 175 Å². The van der Waals surface area contributed by atoms with Gasteiger partial charge in [-0.2, -0.15) is 0 Å². The molecule has 1 amide bonds. The minimum atomic E-state index is -0.156. The van der Waals surface area contributed by atoms with Crippen LogP contribution in [-0.4, -0.2) is 27.2 Å². The molecule has 4 rings (SSSR count). The van der Waals surface area contributed by atoms with E-state index in [1.165, 1.54) is 22.7 Å². The second kappa shape index (κ2) is 8.14. The summed E-state index contributed by atoms with van der Waals surface area (Å²) < 4.78 is 6.81. The summed E-state index contributed by atoms with van der Waals surface area (Å²) in [6.45, 7) is 3.95. The fourth-order valence-electron chi connectivity index (χ4n) is 2.83. The summed E-state index contributed by atoms with van der Waals surface area (Å²) in [5.41, 5.74) is 8.32. The smallest absolute Gasteiger partial charge is 0.230 e. The molecule has 148 valence electrons. The van der Waals surface area contributed by atoms with E-state index in [9.17, 15) is 4.79 Å². The van der Waals surface area contributed by atoms with E-state index >= 15 is 0 Å². The van der Waals surface area contributed by atoms with Gasteiger partial charge in [-0.05, 0) is 43.7 Å². The van der Waals surface area contributed by atoms with Crippen molar-refractivity contribution in [3.05, 3.63) is 48.0 Å². The van der Waals surface area contributed by atoms with Crippen LogP contribution in [0.3, 0.4) is 0 Å². The lowest BCUT2D eigenvalue weighted by atomic mass is 10.1. The van der Waals surface area contributed by atoms with Gasteiger partial charge in [0.05, 0.1) is 28.3 Å². The molecule has 29 heavy (non-hydrogen) atoms. The number of carbonyl (C=O) groups is 1. The number of fused-ring (bicyclic) bond motifs is 1. The first-order valence-electron chi connectivity index (χ1n) is 9.02. The Morgan fingerprint density at radius 3 is 2.83 bits per heavy atom. The van der Waals surface area contributed by atoms with Crippen LogP contribution in [0, 0.1) is 0 Å². The van der Waals surface area contributed by atoms with Gasteiger partial charge < -0.3 is 15.8 Å². The largest absolute Gasteiger partial charge is 0.490 e. The van der Waals surface area contributed by atoms with Crippen LogP contribution in [-0.2, 0) is 11.2 Å². The first-order chi connectivity index (χ1) is 14.0.